The predicted octanol–water partition coefficient (Wildman–Crippen LogP) is 4.82. The van der Waals surface area contributed by atoms with Gasteiger partial charge in [-0.3, -0.25) is 4.79 Å². The van der Waals surface area contributed by atoms with Crippen LogP contribution in [0.25, 0.3) is 11.3 Å². The summed E-state index contributed by atoms with van der Waals surface area (Å²) in [5.74, 6) is 2.43. The number of hydrogen-bond donors (Lipinski definition) is 0. The third-order valence-corrected chi connectivity index (χ3v) is 4.93. The minimum absolute atomic E-state index is 0.165. The summed E-state index contributed by atoms with van der Waals surface area (Å²) < 4.78 is 16.9. The van der Waals surface area contributed by atoms with Gasteiger partial charge in [-0.05, 0) is 43.5 Å². The molecule has 0 saturated heterocycles. The summed E-state index contributed by atoms with van der Waals surface area (Å²) >= 11 is 0. The van der Waals surface area contributed by atoms with Gasteiger partial charge >= 0.3 is 0 Å². The topological polar surface area (TPSA) is 68.7 Å². The normalized spacial score (nSPS) is 12.4. The van der Waals surface area contributed by atoms with E-state index in [1.165, 1.54) is 0 Å². The third-order valence-electron chi connectivity index (χ3n) is 4.93. The Labute approximate surface area is 164 Å². The Morgan fingerprint density at radius 1 is 1.29 bits per heavy atom. The molecule has 0 bridgehead atoms. The maximum atomic E-state index is 13.3. The minimum Gasteiger partial charge on any atom is -0.488 e. The number of fused-ring (bicyclic) bond motifs is 3. The van der Waals surface area contributed by atoms with E-state index in [9.17, 15) is 4.79 Å². The fourth-order valence-electron chi connectivity index (χ4n) is 3.33. The molecule has 0 radical (unpaired) electrons. The highest BCUT2D eigenvalue weighted by Crippen LogP contribution is 2.39. The Morgan fingerprint density at radius 3 is 2.89 bits per heavy atom. The average Bonchev–Trinajstić information content (AvgIpc) is 3.34. The Balaban J connectivity index is 1.65. The van der Waals surface area contributed by atoms with E-state index in [0.29, 0.717) is 36.0 Å². The van der Waals surface area contributed by atoms with Gasteiger partial charge in [0.1, 0.15) is 18.1 Å². The highest BCUT2D eigenvalue weighted by Gasteiger charge is 2.31. The molecule has 0 spiro atoms. The van der Waals surface area contributed by atoms with Crippen LogP contribution < -0.4 is 4.74 Å². The number of carbonyl (C=O) groups excluding carboxylic acids is 1. The molecule has 1 aliphatic heterocycles. The number of ether oxygens (including phenoxy) is 1. The van der Waals surface area contributed by atoms with Crippen molar-refractivity contribution in [2.75, 3.05) is 6.54 Å². The zero-order chi connectivity index (χ0) is 19.7. The smallest absolute Gasteiger partial charge is 0.276 e. The van der Waals surface area contributed by atoms with Crippen molar-refractivity contribution in [3.8, 4) is 17.1 Å². The van der Waals surface area contributed by atoms with Crippen LogP contribution >= 0.6 is 0 Å². The zero-order valence-corrected chi connectivity index (χ0v) is 16.4. The number of aryl methyl sites for hydroxylation is 1. The molecule has 1 aliphatic rings. The van der Waals surface area contributed by atoms with Gasteiger partial charge in [0.25, 0.3) is 5.91 Å². The first-order valence-corrected chi connectivity index (χ1v) is 9.57. The molecule has 3 aromatic rings. The lowest BCUT2D eigenvalue weighted by atomic mass is 10.0. The van der Waals surface area contributed by atoms with E-state index in [1.54, 1.807) is 11.2 Å². The molecule has 0 aliphatic carbocycles. The number of carbonyl (C=O) groups is 1. The number of nitrogens with zero attached hydrogens (tertiary/aromatic N) is 2. The van der Waals surface area contributed by atoms with Crippen molar-refractivity contribution in [3.63, 3.8) is 0 Å². The van der Waals surface area contributed by atoms with Crippen molar-refractivity contribution in [2.24, 2.45) is 5.92 Å². The van der Waals surface area contributed by atoms with Gasteiger partial charge in [0, 0.05) is 6.54 Å². The summed E-state index contributed by atoms with van der Waals surface area (Å²) in [5.41, 5.74) is 2.96. The molecule has 0 saturated carbocycles. The molecular formula is C22H24N2O4. The predicted molar refractivity (Wildman–Crippen MR) is 104 cm³/mol. The molecular weight excluding hydrogens is 356 g/mol. The molecule has 1 amide bonds. The molecule has 0 atom stereocenters. The lowest BCUT2D eigenvalue weighted by Gasteiger charge is -2.23. The molecule has 1 aromatic carbocycles. The van der Waals surface area contributed by atoms with Crippen LogP contribution in [0.15, 0.2) is 45.5 Å². The molecule has 0 fully saturated rings. The van der Waals surface area contributed by atoms with Crippen LogP contribution in [-0.4, -0.2) is 22.5 Å². The number of furan rings is 1. The molecule has 0 N–H and O–H groups in total. The fraction of sp³-hybridized carbons (Fsp3) is 0.364. The standard InChI is InChI=1S/C22H24N2O4/c1-14(2)8-9-24(12-16-5-4-10-26-16)22(25)20-18-13-27-19-7-6-15(3)11-17(19)21(18)28-23-20/h4-7,10-11,14H,8-9,12-13H2,1-3H3. The quantitative estimate of drug-likeness (QED) is 0.613. The Bertz CT molecular complexity index is 973. The number of amides is 1. The lowest BCUT2D eigenvalue weighted by molar-refractivity contribution is 0.0710. The van der Waals surface area contributed by atoms with Crippen LogP contribution in [0.3, 0.4) is 0 Å². The molecule has 28 heavy (non-hydrogen) atoms. The van der Waals surface area contributed by atoms with Crippen LogP contribution in [0.5, 0.6) is 5.75 Å². The van der Waals surface area contributed by atoms with Gasteiger partial charge in [0.2, 0.25) is 0 Å². The number of benzene rings is 1. The van der Waals surface area contributed by atoms with Crippen LogP contribution in [0.2, 0.25) is 0 Å². The Hall–Kier alpha value is -3.02. The molecule has 6 nitrogen and oxygen atoms in total. The molecule has 0 unspecified atom stereocenters. The first-order valence-electron chi connectivity index (χ1n) is 9.57. The van der Waals surface area contributed by atoms with Crippen LogP contribution in [0, 0.1) is 12.8 Å². The van der Waals surface area contributed by atoms with Gasteiger partial charge in [0.05, 0.1) is 23.9 Å². The molecule has 3 heterocycles. The van der Waals surface area contributed by atoms with Gasteiger partial charge in [-0.2, -0.15) is 0 Å². The van der Waals surface area contributed by atoms with Gasteiger partial charge in [-0.25, -0.2) is 0 Å². The lowest BCUT2D eigenvalue weighted by Crippen LogP contribution is -2.33. The largest absolute Gasteiger partial charge is 0.488 e. The van der Waals surface area contributed by atoms with Gasteiger partial charge in [0.15, 0.2) is 11.5 Å². The van der Waals surface area contributed by atoms with E-state index in [0.717, 1.165) is 29.1 Å². The summed E-state index contributed by atoms with van der Waals surface area (Å²) in [7, 11) is 0. The second-order valence-electron chi connectivity index (χ2n) is 7.62. The summed E-state index contributed by atoms with van der Waals surface area (Å²) in [6, 6.07) is 9.60. The van der Waals surface area contributed by atoms with Gasteiger partial charge in [-0.1, -0.05) is 30.6 Å². The third kappa shape index (κ3) is 3.54. The maximum Gasteiger partial charge on any atom is 0.276 e. The molecule has 4 rings (SSSR count). The van der Waals surface area contributed by atoms with E-state index in [-0.39, 0.29) is 12.5 Å². The monoisotopic (exact) mass is 380 g/mol. The first kappa shape index (κ1) is 18.3. The van der Waals surface area contributed by atoms with E-state index < -0.39 is 0 Å². The highest BCUT2D eigenvalue weighted by molar-refractivity contribution is 5.95. The minimum atomic E-state index is -0.165. The van der Waals surface area contributed by atoms with Crippen molar-refractivity contribution in [1.29, 1.82) is 0 Å². The van der Waals surface area contributed by atoms with Crippen molar-refractivity contribution in [1.82, 2.24) is 10.1 Å². The average molecular weight is 380 g/mol. The van der Waals surface area contributed by atoms with Crippen molar-refractivity contribution in [3.05, 3.63) is 59.2 Å². The molecule has 146 valence electrons. The zero-order valence-electron chi connectivity index (χ0n) is 16.4. The van der Waals surface area contributed by atoms with Crippen LogP contribution in [0.1, 0.15) is 47.6 Å². The van der Waals surface area contributed by atoms with Crippen molar-refractivity contribution < 1.29 is 18.5 Å². The van der Waals surface area contributed by atoms with E-state index >= 15 is 0 Å². The van der Waals surface area contributed by atoms with Crippen molar-refractivity contribution in [2.45, 2.75) is 40.3 Å². The van der Waals surface area contributed by atoms with E-state index in [1.807, 2.05) is 37.3 Å². The SMILES string of the molecule is Cc1ccc2c(c1)-c1onc(C(=O)N(CCC(C)C)Cc3ccco3)c1CO2. The molecule has 6 heteroatoms. The highest BCUT2D eigenvalue weighted by atomic mass is 16.5. The second-order valence-corrected chi connectivity index (χ2v) is 7.62. The second kappa shape index (κ2) is 7.54. The number of rotatable bonds is 6. The summed E-state index contributed by atoms with van der Waals surface area (Å²) in [4.78, 5) is 15.1. The number of hydrogen-bond acceptors (Lipinski definition) is 5. The van der Waals surface area contributed by atoms with E-state index in [2.05, 4.69) is 19.0 Å². The molecule has 2 aromatic heterocycles. The maximum absolute atomic E-state index is 13.3. The van der Waals surface area contributed by atoms with Gasteiger partial charge < -0.3 is 18.6 Å². The number of aromatic nitrogens is 1. The Morgan fingerprint density at radius 2 is 2.14 bits per heavy atom. The van der Waals surface area contributed by atoms with Crippen LogP contribution in [-0.2, 0) is 13.2 Å². The summed E-state index contributed by atoms with van der Waals surface area (Å²) in [6.45, 7) is 7.58. The first-order chi connectivity index (χ1) is 13.5. The van der Waals surface area contributed by atoms with E-state index in [4.69, 9.17) is 13.7 Å². The fourth-order valence-corrected chi connectivity index (χ4v) is 3.33. The summed E-state index contributed by atoms with van der Waals surface area (Å²) in [5, 5.41) is 4.13. The summed E-state index contributed by atoms with van der Waals surface area (Å²) in [6.07, 6.45) is 2.51. The van der Waals surface area contributed by atoms with Crippen molar-refractivity contribution >= 4 is 5.91 Å². The Kier molecular flexibility index (Phi) is 4.94. The van der Waals surface area contributed by atoms with Crippen LogP contribution in [0.4, 0.5) is 0 Å². The van der Waals surface area contributed by atoms with Gasteiger partial charge in [-0.15, -0.1) is 0 Å².